The number of carbonyl (C=O) groups excluding carboxylic acids is 1. The number of nitrogens with zero attached hydrogens (tertiary/aromatic N) is 1. The van der Waals surface area contributed by atoms with Crippen molar-refractivity contribution in [3.05, 3.63) is 0 Å². The first-order valence-corrected chi connectivity index (χ1v) is 7.11. The van der Waals surface area contributed by atoms with Crippen LogP contribution in [0.4, 0.5) is 0 Å². The molecule has 15 heavy (non-hydrogen) atoms. The zero-order chi connectivity index (χ0) is 11.5. The molecule has 1 N–H and O–H groups in total. The molecule has 0 saturated carbocycles. The molecule has 1 aliphatic heterocycles. The minimum Gasteiger partial charge on any atom is -0.378 e. The number of sulfonamides is 1. The molecule has 0 radical (unpaired) electrons. The number of nitrogens with one attached hydrogen (secondary N) is 1. The van der Waals surface area contributed by atoms with E-state index in [1.165, 1.54) is 11.4 Å². The highest BCUT2D eigenvalue weighted by molar-refractivity contribution is 9.10. The molecule has 0 aromatic rings. The third-order valence-corrected chi connectivity index (χ3v) is 5.29. The maximum atomic E-state index is 11.6. The molecule has 0 aromatic heterocycles. The van der Waals surface area contributed by atoms with Crippen molar-refractivity contribution < 1.29 is 17.9 Å². The average molecular weight is 301 g/mol. The Balaban J connectivity index is 2.88. The summed E-state index contributed by atoms with van der Waals surface area (Å²) in [4.78, 5) is 11.4. The van der Waals surface area contributed by atoms with Gasteiger partial charge in [0.25, 0.3) is 0 Å². The number of ether oxygens (including phenoxy) is 1. The van der Waals surface area contributed by atoms with Crippen molar-refractivity contribution >= 4 is 31.9 Å². The Hall–Kier alpha value is -0.180. The summed E-state index contributed by atoms with van der Waals surface area (Å²) in [7, 11) is -1.95. The molecule has 1 aliphatic rings. The largest absolute Gasteiger partial charge is 0.378 e. The van der Waals surface area contributed by atoms with Gasteiger partial charge in [-0.2, -0.15) is 4.31 Å². The Morgan fingerprint density at radius 1 is 1.67 bits per heavy atom. The lowest BCUT2D eigenvalue weighted by Gasteiger charge is -2.32. The highest BCUT2D eigenvalue weighted by atomic mass is 79.9. The van der Waals surface area contributed by atoms with E-state index in [4.69, 9.17) is 4.74 Å². The Labute approximate surface area is 97.1 Å². The van der Waals surface area contributed by atoms with Crippen LogP contribution in [-0.2, 0) is 19.6 Å². The fourth-order valence-corrected chi connectivity index (χ4v) is 3.17. The predicted octanol–water partition coefficient (Wildman–Crippen LogP) is -0.885. The quantitative estimate of drug-likeness (QED) is 0.687. The number of carbonyl (C=O) groups is 1. The van der Waals surface area contributed by atoms with Gasteiger partial charge < -0.3 is 10.1 Å². The molecular formula is C7H13BrN2O4S. The topological polar surface area (TPSA) is 75.7 Å². The summed E-state index contributed by atoms with van der Waals surface area (Å²) in [6, 6.07) is -0.758. The molecule has 1 rings (SSSR count). The van der Waals surface area contributed by atoms with E-state index in [1.807, 2.05) is 0 Å². The Bertz CT molecular complexity index is 332. The second kappa shape index (κ2) is 5.24. The number of rotatable bonds is 3. The van der Waals surface area contributed by atoms with E-state index in [9.17, 15) is 13.2 Å². The standard InChI is InChI=1S/C7H13BrN2O4S/c1-9-7(11)6-4-14-3-2-10(6)15(12,13)5-8/h6H,2-5H2,1H3,(H,9,11). The SMILES string of the molecule is CNC(=O)C1COCCN1S(=O)(=O)CBr. The van der Waals surface area contributed by atoms with Gasteiger partial charge in [0.15, 0.2) is 0 Å². The number of hydrogen-bond donors (Lipinski definition) is 1. The molecule has 0 spiro atoms. The van der Waals surface area contributed by atoms with Gasteiger partial charge in [-0.25, -0.2) is 8.42 Å². The summed E-state index contributed by atoms with van der Waals surface area (Å²) < 4.78 is 29.3. The highest BCUT2D eigenvalue weighted by Gasteiger charge is 2.36. The summed E-state index contributed by atoms with van der Waals surface area (Å²) in [5, 5.41) is 2.42. The molecule has 1 amide bonds. The number of amides is 1. The second-order valence-electron chi connectivity index (χ2n) is 3.04. The minimum atomic E-state index is -3.42. The Morgan fingerprint density at radius 2 is 2.33 bits per heavy atom. The first-order valence-electron chi connectivity index (χ1n) is 4.37. The van der Waals surface area contributed by atoms with E-state index in [2.05, 4.69) is 21.2 Å². The van der Waals surface area contributed by atoms with Crippen molar-refractivity contribution in [1.29, 1.82) is 0 Å². The molecule has 88 valence electrons. The van der Waals surface area contributed by atoms with Gasteiger partial charge in [-0.15, -0.1) is 0 Å². The first kappa shape index (κ1) is 12.9. The molecule has 8 heteroatoms. The molecular weight excluding hydrogens is 288 g/mol. The van der Waals surface area contributed by atoms with Gasteiger partial charge in [0, 0.05) is 13.6 Å². The van der Waals surface area contributed by atoms with Crippen molar-refractivity contribution in [3.63, 3.8) is 0 Å². The number of alkyl halides is 1. The molecule has 0 aromatic carbocycles. The van der Waals surface area contributed by atoms with Crippen LogP contribution in [0.2, 0.25) is 0 Å². The van der Waals surface area contributed by atoms with Crippen molar-refractivity contribution in [2.45, 2.75) is 6.04 Å². The van der Waals surface area contributed by atoms with E-state index < -0.39 is 16.1 Å². The highest BCUT2D eigenvalue weighted by Crippen LogP contribution is 2.14. The lowest BCUT2D eigenvalue weighted by atomic mass is 10.2. The van der Waals surface area contributed by atoms with Crippen LogP contribution in [0.25, 0.3) is 0 Å². The van der Waals surface area contributed by atoms with Gasteiger partial charge in [-0.05, 0) is 0 Å². The summed E-state index contributed by atoms with van der Waals surface area (Å²) >= 11 is 2.90. The molecule has 6 nitrogen and oxygen atoms in total. The van der Waals surface area contributed by atoms with Crippen molar-refractivity contribution in [2.24, 2.45) is 0 Å². The van der Waals surface area contributed by atoms with Gasteiger partial charge in [-0.1, -0.05) is 15.9 Å². The van der Waals surface area contributed by atoms with Gasteiger partial charge in [0.2, 0.25) is 15.9 Å². The second-order valence-corrected chi connectivity index (χ2v) is 6.26. The number of morpholine rings is 1. The van der Waals surface area contributed by atoms with Gasteiger partial charge in [0.05, 0.1) is 13.2 Å². The van der Waals surface area contributed by atoms with Crippen LogP contribution in [0, 0.1) is 0 Å². The van der Waals surface area contributed by atoms with Gasteiger partial charge in [0.1, 0.15) is 10.7 Å². The molecule has 1 atom stereocenters. The normalized spacial score (nSPS) is 23.7. The molecule has 1 heterocycles. The zero-order valence-electron chi connectivity index (χ0n) is 8.27. The smallest absolute Gasteiger partial charge is 0.240 e. The molecule has 1 fully saturated rings. The number of halogens is 1. The van der Waals surface area contributed by atoms with Crippen LogP contribution in [0.3, 0.4) is 0 Å². The lowest BCUT2D eigenvalue weighted by Crippen LogP contribution is -2.55. The van der Waals surface area contributed by atoms with Crippen molar-refractivity contribution in [1.82, 2.24) is 9.62 Å². The predicted molar refractivity (Wildman–Crippen MR) is 58.1 cm³/mol. The van der Waals surface area contributed by atoms with Crippen LogP contribution in [0.1, 0.15) is 0 Å². The van der Waals surface area contributed by atoms with Gasteiger partial charge >= 0.3 is 0 Å². The van der Waals surface area contributed by atoms with Crippen LogP contribution in [-0.4, -0.2) is 56.1 Å². The molecule has 0 bridgehead atoms. The van der Waals surface area contributed by atoms with E-state index in [-0.39, 0.29) is 23.7 Å². The van der Waals surface area contributed by atoms with Crippen molar-refractivity contribution in [3.8, 4) is 0 Å². The van der Waals surface area contributed by atoms with E-state index in [0.717, 1.165) is 0 Å². The van der Waals surface area contributed by atoms with Crippen LogP contribution < -0.4 is 5.32 Å². The number of likely N-dealkylation sites (N-methyl/N-ethyl adjacent to an activating group) is 1. The van der Waals surface area contributed by atoms with Crippen molar-refractivity contribution in [2.75, 3.05) is 31.5 Å². The molecule has 1 saturated heterocycles. The Morgan fingerprint density at radius 3 is 2.87 bits per heavy atom. The molecule has 0 aliphatic carbocycles. The monoisotopic (exact) mass is 300 g/mol. The maximum absolute atomic E-state index is 11.6. The van der Waals surface area contributed by atoms with E-state index in [1.54, 1.807) is 0 Å². The fourth-order valence-electron chi connectivity index (χ4n) is 1.36. The van der Waals surface area contributed by atoms with E-state index >= 15 is 0 Å². The summed E-state index contributed by atoms with van der Waals surface area (Å²) in [5.74, 6) is -0.348. The average Bonchev–Trinajstić information content (AvgIpc) is 2.28. The minimum absolute atomic E-state index is 0.103. The third-order valence-electron chi connectivity index (χ3n) is 2.12. The third kappa shape index (κ3) is 2.90. The van der Waals surface area contributed by atoms with Crippen LogP contribution >= 0.6 is 15.9 Å². The summed E-state index contributed by atoms with van der Waals surface area (Å²) in [6.07, 6.45) is 0. The summed E-state index contributed by atoms with van der Waals surface area (Å²) in [5.41, 5.74) is 0. The molecule has 1 unspecified atom stereocenters. The van der Waals surface area contributed by atoms with Crippen LogP contribution in [0.5, 0.6) is 0 Å². The lowest BCUT2D eigenvalue weighted by molar-refractivity contribution is -0.128. The summed E-state index contributed by atoms with van der Waals surface area (Å²) in [6.45, 7) is 0.637. The first-order chi connectivity index (χ1) is 7.03. The zero-order valence-corrected chi connectivity index (χ0v) is 10.7. The number of hydrogen-bond acceptors (Lipinski definition) is 4. The van der Waals surface area contributed by atoms with E-state index in [0.29, 0.717) is 6.61 Å². The van der Waals surface area contributed by atoms with Crippen LogP contribution in [0.15, 0.2) is 0 Å². The Kier molecular flexibility index (Phi) is 4.50. The maximum Gasteiger partial charge on any atom is 0.240 e. The fraction of sp³-hybridized carbons (Fsp3) is 0.857. The van der Waals surface area contributed by atoms with Gasteiger partial charge in [-0.3, -0.25) is 4.79 Å².